The van der Waals surface area contributed by atoms with Crippen LogP contribution < -0.4 is 38.9 Å². The standard InChI is InChI=1S/C31H48N10O5/c1-17-10-21(42)11-18(2)22(17)14-26(40-28(44)23(32)8-5-9-37-31(34)35)30(46)41-25(13-20-15-36-16-38-20)29(45)39-24(27(33)43)12-19-6-3-4-7-19/h10-11,15-16,19,23-26,42H,3-9,12-14,32H2,1-2H3,(H2,33,43)(H,36,38)(H,39,45)(H,40,44)(H,41,46)(H4,34,35,37)/t23-,24+,25+,26+/m1/s1. The molecule has 4 amide bonds. The first-order valence-corrected chi connectivity index (χ1v) is 15.6. The lowest BCUT2D eigenvalue weighted by molar-refractivity contribution is -0.133. The van der Waals surface area contributed by atoms with Crippen LogP contribution in [0.5, 0.6) is 5.75 Å². The van der Waals surface area contributed by atoms with Gasteiger partial charge in [-0.05, 0) is 67.9 Å². The first-order valence-electron chi connectivity index (χ1n) is 15.6. The number of carbonyl (C=O) groups is 4. The van der Waals surface area contributed by atoms with Crippen molar-refractivity contribution in [3.63, 3.8) is 0 Å². The molecule has 4 atom stereocenters. The number of primary amides is 1. The number of aryl methyl sites for hydroxylation is 2. The second kappa shape index (κ2) is 17.1. The van der Waals surface area contributed by atoms with Crippen LogP contribution in [0.15, 0.2) is 29.6 Å². The van der Waals surface area contributed by atoms with Gasteiger partial charge in [0.1, 0.15) is 23.9 Å². The Morgan fingerprint density at radius 1 is 0.957 bits per heavy atom. The molecule has 0 saturated heterocycles. The van der Waals surface area contributed by atoms with Gasteiger partial charge in [-0.15, -0.1) is 0 Å². The summed E-state index contributed by atoms with van der Waals surface area (Å²) in [7, 11) is 0. The maximum absolute atomic E-state index is 13.9. The molecule has 0 radical (unpaired) electrons. The van der Waals surface area contributed by atoms with E-state index in [0.717, 1.165) is 31.2 Å². The highest BCUT2D eigenvalue weighted by Gasteiger charge is 2.32. The van der Waals surface area contributed by atoms with Crippen molar-refractivity contribution >= 4 is 29.6 Å². The van der Waals surface area contributed by atoms with Gasteiger partial charge in [0.15, 0.2) is 5.96 Å². The van der Waals surface area contributed by atoms with Gasteiger partial charge in [0.25, 0.3) is 0 Å². The summed E-state index contributed by atoms with van der Waals surface area (Å²) in [5.74, 6) is -2.17. The number of hydrogen-bond donors (Lipinski definition) is 9. The van der Waals surface area contributed by atoms with E-state index in [4.69, 9.17) is 22.9 Å². The van der Waals surface area contributed by atoms with Crippen molar-refractivity contribution in [1.82, 2.24) is 25.9 Å². The number of amides is 4. The maximum Gasteiger partial charge on any atom is 0.243 e. The van der Waals surface area contributed by atoms with Crippen molar-refractivity contribution in [2.75, 3.05) is 6.54 Å². The molecule has 0 aliphatic heterocycles. The molecule has 1 aromatic carbocycles. The molecule has 1 heterocycles. The molecule has 1 fully saturated rings. The number of aliphatic imine (C=N–C) groups is 1. The van der Waals surface area contributed by atoms with Crippen molar-refractivity contribution in [1.29, 1.82) is 0 Å². The van der Waals surface area contributed by atoms with Crippen molar-refractivity contribution in [3.05, 3.63) is 47.0 Å². The van der Waals surface area contributed by atoms with E-state index < -0.39 is 47.8 Å². The van der Waals surface area contributed by atoms with Crippen molar-refractivity contribution in [2.45, 2.75) is 95.8 Å². The Morgan fingerprint density at radius 2 is 1.54 bits per heavy atom. The second-order valence-corrected chi connectivity index (χ2v) is 12.1. The van der Waals surface area contributed by atoms with Crippen LogP contribution in [0.4, 0.5) is 0 Å². The van der Waals surface area contributed by atoms with Crippen LogP contribution in [-0.2, 0) is 32.0 Å². The molecule has 0 unspecified atom stereocenters. The number of phenolic OH excluding ortho intramolecular Hbond substituents is 1. The topological polar surface area (TPSA) is 270 Å². The van der Waals surface area contributed by atoms with E-state index in [9.17, 15) is 24.3 Å². The van der Waals surface area contributed by atoms with Gasteiger partial charge in [-0.25, -0.2) is 4.98 Å². The molecule has 3 rings (SSSR count). The van der Waals surface area contributed by atoms with Crippen LogP contribution in [0, 0.1) is 19.8 Å². The highest BCUT2D eigenvalue weighted by molar-refractivity contribution is 5.95. The second-order valence-electron chi connectivity index (χ2n) is 12.1. The van der Waals surface area contributed by atoms with Gasteiger partial charge in [-0.1, -0.05) is 25.7 Å². The molecule has 1 aromatic heterocycles. The van der Waals surface area contributed by atoms with Crippen LogP contribution in [0.25, 0.3) is 0 Å². The lowest BCUT2D eigenvalue weighted by Gasteiger charge is -2.26. The summed E-state index contributed by atoms with van der Waals surface area (Å²) in [6, 6.07) is -0.989. The van der Waals surface area contributed by atoms with Crippen molar-refractivity contribution in [2.24, 2.45) is 33.8 Å². The molecular weight excluding hydrogens is 592 g/mol. The average molecular weight is 641 g/mol. The Morgan fingerprint density at radius 3 is 2.11 bits per heavy atom. The van der Waals surface area contributed by atoms with Crippen LogP contribution in [0.1, 0.15) is 67.3 Å². The number of aromatic nitrogens is 2. The zero-order valence-corrected chi connectivity index (χ0v) is 26.6. The van der Waals surface area contributed by atoms with Crippen LogP contribution in [0.2, 0.25) is 0 Å². The summed E-state index contributed by atoms with van der Waals surface area (Å²) in [6.07, 6.45) is 8.24. The molecule has 15 heteroatoms. The van der Waals surface area contributed by atoms with E-state index in [2.05, 4.69) is 30.9 Å². The molecule has 0 spiro atoms. The first kappa shape index (κ1) is 35.8. The molecule has 46 heavy (non-hydrogen) atoms. The van der Waals surface area contributed by atoms with Gasteiger partial charge in [0.2, 0.25) is 23.6 Å². The fourth-order valence-corrected chi connectivity index (χ4v) is 5.83. The molecular formula is C31H48N10O5. The number of aromatic amines is 1. The van der Waals surface area contributed by atoms with Crippen LogP contribution >= 0.6 is 0 Å². The van der Waals surface area contributed by atoms with Gasteiger partial charge in [0, 0.05) is 31.3 Å². The fourth-order valence-electron chi connectivity index (χ4n) is 5.83. The molecule has 1 aliphatic carbocycles. The van der Waals surface area contributed by atoms with Gasteiger partial charge in [-0.2, -0.15) is 0 Å². The molecule has 1 aliphatic rings. The normalized spacial score (nSPS) is 15.7. The largest absolute Gasteiger partial charge is 0.508 e. The molecule has 15 nitrogen and oxygen atoms in total. The number of guanidine groups is 1. The molecule has 2 aromatic rings. The van der Waals surface area contributed by atoms with Gasteiger partial charge in [-0.3, -0.25) is 24.2 Å². The quantitative estimate of drug-likeness (QED) is 0.0607. The number of nitrogens with two attached hydrogens (primary N) is 4. The summed E-state index contributed by atoms with van der Waals surface area (Å²) in [4.78, 5) is 63.8. The van der Waals surface area contributed by atoms with E-state index in [1.54, 1.807) is 26.0 Å². The molecule has 0 bridgehead atoms. The van der Waals surface area contributed by atoms with Crippen LogP contribution in [-0.4, -0.2) is 75.4 Å². The monoisotopic (exact) mass is 640 g/mol. The molecule has 252 valence electrons. The summed E-state index contributed by atoms with van der Waals surface area (Å²) in [6.45, 7) is 3.87. The third-order valence-corrected chi connectivity index (χ3v) is 8.34. The Labute approximate surface area is 268 Å². The first-order chi connectivity index (χ1) is 21.8. The number of nitrogens with zero attached hydrogens (tertiary/aromatic N) is 2. The van der Waals surface area contributed by atoms with Crippen LogP contribution in [0.3, 0.4) is 0 Å². The summed E-state index contributed by atoms with van der Waals surface area (Å²) < 4.78 is 0. The predicted molar refractivity (Wildman–Crippen MR) is 173 cm³/mol. The highest BCUT2D eigenvalue weighted by Crippen LogP contribution is 2.28. The van der Waals surface area contributed by atoms with Gasteiger partial charge < -0.3 is 49.0 Å². The summed E-state index contributed by atoms with van der Waals surface area (Å²) in [5, 5.41) is 18.3. The smallest absolute Gasteiger partial charge is 0.243 e. The number of phenols is 1. The predicted octanol–water partition coefficient (Wildman–Crippen LogP) is -0.582. The Hall–Kier alpha value is -4.66. The van der Waals surface area contributed by atoms with Crippen molar-refractivity contribution in [3.8, 4) is 5.75 Å². The zero-order valence-electron chi connectivity index (χ0n) is 26.6. The summed E-state index contributed by atoms with van der Waals surface area (Å²) in [5.41, 5.74) is 25.3. The zero-order chi connectivity index (χ0) is 33.8. The van der Waals surface area contributed by atoms with Crippen molar-refractivity contribution < 1.29 is 24.3 Å². The number of rotatable bonds is 17. The third kappa shape index (κ3) is 11.1. The Kier molecular flexibility index (Phi) is 13.4. The number of benzene rings is 1. The average Bonchev–Trinajstić information content (AvgIpc) is 3.70. The number of hydrogen-bond acceptors (Lipinski definition) is 8. The fraction of sp³-hybridized carbons (Fsp3) is 0.548. The minimum atomic E-state index is -1.14. The third-order valence-electron chi connectivity index (χ3n) is 8.34. The Balaban J connectivity index is 1.83. The number of imidazole rings is 1. The highest BCUT2D eigenvalue weighted by atomic mass is 16.3. The van der Waals surface area contributed by atoms with E-state index in [0.29, 0.717) is 29.7 Å². The maximum atomic E-state index is 13.9. The Bertz CT molecular complexity index is 1350. The minimum Gasteiger partial charge on any atom is -0.508 e. The van der Waals surface area contributed by atoms with E-state index in [-0.39, 0.29) is 43.4 Å². The van der Waals surface area contributed by atoms with Gasteiger partial charge >= 0.3 is 0 Å². The summed E-state index contributed by atoms with van der Waals surface area (Å²) >= 11 is 0. The van der Waals surface area contributed by atoms with E-state index in [1.165, 1.54) is 12.5 Å². The minimum absolute atomic E-state index is 0.0364. The number of aromatic hydroxyl groups is 1. The molecule has 1 saturated carbocycles. The SMILES string of the molecule is Cc1cc(O)cc(C)c1C[C@H](NC(=O)[C@H](N)CCCN=C(N)N)C(=O)N[C@@H](Cc1cnc[nH]1)C(=O)N[C@@H](CC1CCCC1)C(N)=O. The van der Waals surface area contributed by atoms with E-state index >= 15 is 0 Å². The number of H-pyrrole nitrogens is 1. The number of nitrogens with one attached hydrogen (secondary N) is 4. The lowest BCUT2D eigenvalue weighted by atomic mass is 9.95. The van der Waals surface area contributed by atoms with E-state index in [1.807, 2.05) is 0 Å². The number of carbonyl (C=O) groups excluding carboxylic acids is 4. The molecule has 13 N–H and O–H groups in total. The lowest BCUT2D eigenvalue weighted by Crippen LogP contribution is -2.58. The van der Waals surface area contributed by atoms with Gasteiger partial charge in [0.05, 0.1) is 12.4 Å².